The first-order chi connectivity index (χ1) is 16.4. The van der Waals surface area contributed by atoms with E-state index in [1.54, 1.807) is 37.5 Å². The van der Waals surface area contributed by atoms with Gasteiger partial charge in [-0.05, 0) is 62.4 Å². The highest BCUT2D eigenvalue weighted by Gasteiger charge is 2.23. The van der Waals surface area contributed by atoms with Crippen LogP contribution in [0.3, 0.4) is 0 Å². The van der Waals surface area contributed by atoms with Crippen molar-refractivity contribution in [2.75, 3.05) is 23.3 Å². The number of benzene rings is 2. The van der Waals surface area contributed by atoms with Crippen molar-refractivity contribution < 1.29 is 18.5 Å². The first-order valence-corrected chi connectivity index (χ1v) is 11.9. The van der Waals surface area contributed by atoms with Gasteiger partial charge in [-0.2, -0.15) is 5.10 Å². The van der Waals surface area contributed by atoms with Gasteiger partial charge in [0.25, 0.3) is 5.91 Å². The monoisotopic (exact) mass is 477 g/mol. The number of hydrogen-bond donors (Lipinski definition) is 2. The molecule has 0 fully saturated rings. The van der Waals surface area contributed by atoms with Crippen molar-refractivity contribution in [1.82, 2.24) is 15.2 Å². The summed E-state index contributed by atoms with van der Waals surface area (Å²) in [4.78, 5) is 18.2. The van der Waals surface area contributed by atoms with Crippen LogP contribution in [-0.4, -0.2) is 45.1 Å². The molecule has 2 N–H and O–H groups in total. The quantitative estimate of drug-likeness (QED) is 0.436. The number of carbonyl (C=O) groups excluding carboxylic acids is 1. The Bertz CT molecular complexity index is 1420. The Hall–Kier alpha value is -3.92. The Morgan fingerprint density at radius 3 is 2.85 bits per heavy atom. The lowest BCUT2D eigenvalue weighted by atomic mass is 10.1. The number of fused-ring (bicyclic) bond motifs is 2. The Morgan fingerprint density at radius 2 is 2.03 bits per heavy atom. The molecule has 1 atom stereocenters. The van der Waals surface area contributed by atoms with Gasteiger partial charge in [0.1, 0.15) is 23.0 Å². The van der Waals surface area contributed by atoms with Gasteiger partial charge in [-0.1, -0.05) is 0 Å². The van der Waals surface area contributed by atoms with Crippen LogP contribution in [0.25, 0.3) is 22.2 Å². The summed E-state index contributed by atoms with van der Waals surface area (Å²) in [5.74, 6) is 1.61. The molecule has 1 aliphatic rings. The molecule has 174 valence electrons. The lowest BCUT2D eigenvalue weighted by Crippen LogP contribution is -2.35. The number of pyridine rings is 1. The number of rotatable bonds is 6. The van der Waals surface area contributed by atoms with E-state index in [2.05, 4.69) is 19.9 Å². The number of hydrogen-bond acceptors (Lipinski definition) is 6. The molecule has 2 aromatic heterocycles. The van der Waals surface area contributed by atoms with Crippen molar-refractivity contribution >= 4 is 39.3 Å². The minimum absolute atomic E-state index is 0.00609. The van der Waals surface area contributed by atoms with E-state index in [-0.39, 0.29) is 18.6 Å². The zero-order valence-electron chi connectivity index (χ0n) is 18.9. The number of nitrogens with one attached hydrogen (secondary N) is 2. The molecule has 5 rings (SSSR count). The Kier molecular flexibility index (Phi) is 5.66. The number of likely N-dealkylation sites (N-methyl/N-ethyl adjacent to an activating group) is 1. The van der Waals surface area contributed by atoms with Crippen LogP contribution in [0.2, 0.25) is 0 Å². The molecular weight excluding hydrogens is 454 g/mol. The van der Waals surface area contributed by atoms with Crippen LogP contribution >= 0.6 is 0 Å². The summed E-state index contributed by atoms with van der Waals surface area (Å²) in [5.41, 5.74) is 3.02. The van der Waals surface area contributed by atoms with Crippen molar-refractivity contribution in [2.24, 2.45) is 0 Å². The molecule has 1 amide bonds. The Labute approximate surface area is 198 Å². The maximum absolute atomic E-state index is 13.0. The van der Waals surface area contributed by atoms with Crippen molar-refractivity contribution in [3.63, 3.8) is 0 Å². The fraction of sp³-hybridized carbons (Fsp3) is 0.208. The molecule has 0 aliphatic carbocycles. The molecule has 10 heteroatoms. The Balaban J connectivity index is 1.41. The second-order valence-corrected chi connectivity index (χ2v) is 9.33. The van der Waals surface area contributed by atoms with E-state index in [1.807, 2.05) is 38.1 Å². The van der Waals surface area contributed by atoms with E-state index in [4.69, 9.17) is 9.47 Å². The number of ether oxygens (including phenoxy) is 2. The average Bonchev–Trinajstić information content (AvgIpc) is 3.24. The molecule has 34 heavy (non-hydrogen) atoms. The first-order valence-electron chi connectivity index (χ1n) is 10.7. The van der Waals surface area contributed by atoms with Crippen molar-refractivity contribution in [2.45, 2.75) is 24.8 Å². The third-order valence-electron chi connectivity index (χ3n) is 5.37. The summed E-state index contributed by atoms with van der Waals surface area (Å²) in [7, 11) is 0.0619. The van der Waals surface area contributed by atoms with Crippen LogP contribution in [0.15, 0.2) is 59.6 Å². The van der Waals surface area contributed by atoms with Gasteiger partial charge in [0, 0.05) is 24.2 Å². The predicted molar refractivity (Wildman–Crippen MR) is 130 cm³/mol. The van der Waals surface area contributed by atoms with Crippen molar-refractivity contribution in [1.29, 1.82) is 0 Å². The largest absolute Gasteiger partial charge is 0.491 e. The predicted octanol–water partition coefficient (Wildman–Crippen LogP) is 3.90. The van der Waals surface area contributed by atoms with E-state index in [0.717, 1.165) is 27.9 Å². The minimum atomic E-state index is -1.61. The second-order valence-electron chi connectivity index (χ2n) is 8.12. The molecule has 0 saturated carbocycles. The molecule has 0 bridgehead atoms. The summed E-state index contributed by atoms with van der Waals surface area (Å²) >= 11 is 0. The highest BCUT2D eigenvalue weighted by molar-refractivity contribution is 7.86. The van der Waals surface area contributed by atoms with Gasteiger partial charge >= 0.3 is 0 Å². The summed E-state index contributed by atoms with van der Waals surface area (Å²) in [6, 6.07) is 14.5. The molecular formula is C24H23N5O4S. The standard InChI is InChI=1S/C24H23N5O4S/c1-14(2)33-16-4-6-19-18(11-16)24(27-26-19)15-8-9-25-22(10-15)28-34(31)17-5-7-21-20(12-17)29(3)23(30)13-32-21/h4-12,14H,13H2,1-3H3,(H,25,28)(H,26,27). The van der Waals surface area contributed by atoms with Crippen molar-refractivity contribution in [3.8, 4) is 22.8 Å². The first kappa shape index (κ1) is 21.9. The topological polar surface area (TPSA) is 109 Å². The van der Waals surface area contributed by atoms with Gasteiger partial charge in [0.15, 0.2) is 17.6 Å². The Morgan fingerprint density at radius 1 is 1.18 bits per heavy atom. The SMILES string of the molecule is CC(C)Oc1ccc2[nH]nc(-c3ccnc(NS(=O)c4ccc5c(c4)N(C)C(=O)CO5)c3)c2c1. The van der Waals surface area contributed by atoms with Gasteiger partial charge in [-0.25, -0.2) is 9.19 Å². The number of aromatic nitrogens is 3. The van der Waals surface area contributed by atoms with E-state index >= 15 is 0 Å². The number of carbonyl (C=O) groups is 1. The molecule has 4 aromatic rings. The highest BCUT2D eigenvalue weighted by Crippen LogP contribution is 2.34. The number of nitrogens with zero attached hydrogens (tertiary/aromatic N) is 3. The maximum Gasteiger partial charge on any atom is 0.264 e. The fourth-order valence-electron chi connectivity index (χ4n) is 3.71. The van der Waals surface area contributed by atoms with E-state index in [1.165, 1.54) is 4.90 Å². The third kappa shape index (κ3) is 4.19. The highest BCUT2D eigenvalue weighted by atomic mass is 32.2. The maximum atomic E-state index is 13.0. The van der Waals surface area contributed by atoms with Gasteiger partial charge in [-0.3, -0.25) is 14.6 Å². The third-order valence-corrected chi connectivity index (χ3v) is 6.44. The zero-order valence-corrected chi connectivity index (χ0v) is 19.7. The molecule has 0 radical (unpaired) electrons. The van der Waals surface area contributed by atoms with Gasteiger partial charge in [0.05, 0.1) is 22.2 Å². The fourth-order valence-corrected chi connectivity index (χ4v) is 4.54. The van der Waals surface area contributed by atoms with E-state index in [0.29, 0.717) is 22.2 Å². The van der Waals surface area contributed by atoms with Crippen LogP contribution < -0.4 is 19.1 Å². The minimum Gasteiger partial charge on any atom is -0.491 e. The van der Waals surface area contributed by atoms with Crippen LogP contribution in [0.1, 0.15) is 13.8 Å². The average molecular weight is 478 g/mol. The van der Waals surface area contributed by atoms with Gasteiger partial charge < -0.3 is 14.4 Å². The number of H-pyrrole nitrogens is 1. The molecule has 0 saturated heterocycles. The summed E-state index contributed by atoms with van der Waals surface area (Å²) < 4.78 is 27.2. The normalized spacial score (nSPS) is 14.1. The molecule has 1 unspecified atom stereocenters. The van der Waals surface area contributed by atoms with Crippen LogP contribution in [-0.2, 0) is 15.8 Å². The van der Waals surface area contributed by atoms with Crippen LogP contribution in [0.4, 0.5) is 11.5 Å². The molecule has 3 heterocycles. The van der Waals surface area contributed by atoms with Crippen LogP contribution in [0, 0.1) is 0 Å². The molecule has 1 aliphatic heterocycles. The molecule has 0 spiro atoms. The van der Waals surface area contributed by atoms with Crippen LogP contribution in [0.5, 0.6) is 11.5 Å². The molecule has 9 nitrogen and oxygen atoms in total. The second kappa shape index (κ2) is 8.79. The number of anilines is 2. The number of amides is 1. The van der Waals surface area contributed by atoms with E-state index < -0.39 is 11.0 Å². The van der Waals surface area contributed by atoms with Crippen molar-refractivity contribution in [3.05, 3.63) is 54.7 Å². The van der Waals surface area contributed by atoms with Gasteiger partial charge in [-0.15, -0.1) is 0 Å². The summed E-state index contributed by atoms with van der Waals surface area (Å²) in [6.45, 7) is 3.95. The summed E-state index contributed by atoms with van der Waals surface area (Å²) in [6.07, 6.45) is 1.70. The lowest BCUT2D eigenvalue weighted by Gasteiger charge is -2.26. The van der Waals surface area contributed by atoms with E-state index in [9.17, 15) is 9.00 Å². The summed E-state index contributed by atoms with van der Waals surface area (Å²) in [5, 5.41) is 8.42. The van der Waals surface area contributed by atoms with Gasteiger partial charge in [0.2, 0.25) is 0 Å². The number of aromatic amines is 1. The smallest absolute Gasteiger partial charge is 0.264 e. The lowest BCUT2D eigenvalue weighted by molar-refractivity contribution is -0.120. The molecule has 2 aromatic carbocycles. The zero-order chi connectivity index (χ0) is 23.8.